The lowest BCUT2D eigenvalue weighted by atomic mass is 10.2. The summed E-state index contributed by atoms with van der Waals surface area (Å²) >= 11 is 1.24. The smallest absolute Gasteiger partial charge is 0.196 e. The second-order valence-corrected chi connectivity index (χ2v) is 5.02. The molecule has 1 aromatic carbocycles. The van der Waals surface area contributed by atoms with E-state index in [1.54, 1.807) is 12.1 Å². The maximum Gasteiger partial charge on any atom is 0.196 e. The maximum absolute atomic E-state index is 13.6. The van der Waals surface area contributed by atoms with E-state index in [-0.39, 0.29) is 5.56 Å². The van der Waals surface area contributed by atoms with Gasteiger partial charge >= 0.3 is 0 Å². The van der Waals surface area contributed by atoms with Crippen LogP contribution in [0.3, 0.4) is 0 Å². The van der Waals surface area contributed by atoms with Crippen LogP contribution in [0.2, 0.25) is 0 Å². The van der Waals surface area contributed by atoms with Gasteiger partial charge in [-0.2, -0.15) is 5.26 Å². The predicted octanol–water partition coefficient (Wildman–Crippen LogP) is 1.96. The van der Waals surface area contributed by atoms with Gasteiger partial charge in [0.15, 0.2) is 5.16 Å². The van der Waals surface area contributed by atoms with Crippen LogP contribution in [-0.4, -0.2) is 21.3 Å². The van der Waals surface area contributed by atoms with Crippen LogP contribution < -0.4 is 5.73 Å². The Kier molecular flexibility index (Phi) is 4.71. The van der Waals surface area contributed by atoms with Crippen LogP contribution in [0.15, 0.2) is 28.3 Å². The molecule has 2 rings (SSSR count). The lowest BCUT2D eigenvalue weighted by Gasteiger charge is -2.07. The molecule has 104 valence electrons. The molecule has 0 saturated heterocycles. The normalized spacial score (nSPS) is 10.5. The van der Waals surface area contributed by atoms with Gasteiger partial charge in [-0.25, -0.2) is 4.39 Å². The van der Waals surface area contributed by atoms with Gasteiger partial charge in [-0.3, -0.25) is 0 Å². The monoisotopic (exact) mass is 291 g/mol. The Balaban J connectivity index is 2.36. The highest BCUT2D eigenvalue weighted by Gasteiger charge is 2.15. The third-order valence-corrected chi connectivity index (χ3v) is 3.81. The average Bonchev–Trinajstić information content (AvgIpc) is 2.81. The van der Waals surface area contributed by atoms with Crippen molar-refractivity contribution >= 4 is 11.8 Å². The summed E-state index contributed by atoms with van der Waals surface area (Å²) in [6.07, 6.45) is 0.635. The van der Waals surface area contributed by atoms with E-state index in [2.05, 4.69) is 10.2 Å². The predicted molar refractivity (Wildman–Crippen MR) is 73.7 cm³/mol. The van der Waals surface area contributed by atoms with Crippen molar-refractivity contribution in [3.63, 3.8) is 0 Å². The molecule has 0 radical (unpaired) electrons. The van der Waals surface area contributed by atoms with Gasteiger partial charge in [-0.05, 0) is 37.4 Å². The second-order valence-electron chi connectivity index (χ2n) is 4.01. The topological polar surface area (TPSA) is 80.5 Å². The van der Waals surface area contributed by atoms with Crippen molar-refractivity contribution in [1.82, 2.24) is 14.8 Å². The van der Waals surface area contributed by atoms with Crippen molar-refractivity contribution in [3.05, 3.63) is 35.4 Å². The number of benzene rings is 1. The number of aromatic nitrogens is 3. The Hall–Kier alpha value is -1.91. The Bertz CT molecular complexity index is 647. The number of rotatable bonds is 5. The van der Waals surface area contributed by atoms with E-state index < -0.39 is 5.82 Å². The molecule has 1 heterocycles. The van der Waals surface area contributed by atoms with Crippen molar-refractivity contribution in [2.45, 2.75) is 29.9 Å². The van der Waals surface area contributed by atoms with Crippen LogP contribution in [0.1, 0.15) is 18.3 Å². The summed E-state index contributed by atoms with van der Waals surface area (Å²) in [5.74, 6) is 0.273. The third-order valence-electron chi connectivity index (χ3n) is 2.77. The van der Waals surface area contributed by atoms with Crippen LogP contribution in [0.4, 0.5) is 4.39 Å². The SMILES string of the molecule is CCn1c(CCN)nnc1Sc1cccc(F)c1C#N. The summed E-state index contributed by atoms with van der Waals surface area (Å²) in [5, 5.41) is 17.8. The van der Waals surface area contributed by atoms with Crippen LogP contribution in [0, 0.1) is 17.1 Å². The fraction of sp³-hybridized carbons (Fsp3) is 0.308. The molecular weight excluding hydrogens is 277 g/mol. The number of nitrogens with two attached hydrogens (primary N) is 1. The second kappa shape index (κ2) is 6.50. The highest BCUT2D eigenvalue weighted by atomic mass is 32.2. The fourth-order valence-corrected chi connectivity index (χ4v) is 2.84. The minimum Gasteiger partial charge on any atom is -0.330 e. The van der Waals surface area contributed by atoms with Gasteiger partial charge in [0.2, 0.25) is 0 Å². The van der Waals surface area contributed by atoms with Crippen molar-refractivity contribution in [2.75, 3.05) is 6.54 Å². The molecule has 7 heteroatoms. The first-order chi connectivity index (χ1) is 9.71. The van der Waals surface area contributed by atoms with E-state index in [9.17, 15) is 4.39 Å². The van der Waals surface area contributed by atoms with Crippen molar-refractivity contribution < 1.29 is 4.39 Å². The van der Waals surface area contributed by atoms with Gasteiger partial charge < -0.3 is 10.3 Å². The summed E-state index contributed by atoms with van der Waals surface area (Å²) < 4.78 is 15.5. The molecular formula is C13H14FN5S. The zero-order chi connectivity index (χ0) is 14.5. The van der Waals surface area contributed by atoms with Gasteiger partial charge in [0.25, 0.3) is 0 Å². The number of halogens is 1. The number of nitrogens with zero attached hydrogens (tertiary/aromatic N) is 4. The Morgan fingerprint density at radius 3 is 2.90 bits per heavy atom. The minimum atomic E-state index is -0.526. The molecule has 0 unspecified atom stereocenters. The largest absolute Gasteiger partial charge is 0.330 e. The van der Waals surface area contributed by atoms with Gasteiger partial charge in [0, 0.05) is 17.9 Å². The summed E-state index contributed by atoms with van der Waals surface area (Å²) in [5.41, 5.74) is 5.56. The van der Waals surface area contributed by atoms with Crippen LogP contribution in [0.5, 0.6) is 0 Å². The van der Waals surface area contributed by atoms with E-state index in [1.165, 1.54) is 17.8 Å². The van der Waals surface area contributed by atoms with E-state index in [0.29, 0.717) is 29.6 Å². The van der Waals surface area contributed by atoms with Gasteiger partial charge in [0.05, 0.1) is 0 Å². The first kappa shape index (κ1) is 14.5. The maximum atomic E-state index is 13.6. The van der Waals surface area contributed by atoms with Gasteiger partial charge in [-0.15, -0.1) is 10.2 Å². The average molecular weight is 291 g/mol. The molecule has 0 saturated carbocycles. The molecule has 0 aliphatic heterocycles. The van der Waals surface area contributed by atoms with E-state index in [1.807, 2.05) is 17.6 Å². The number of hydrogen-bond donors (Lipinski definition) is 1. The van der Waals surface area contributed by atoms with Gasteiger partial charge in [0.1, 0.15) is 23.3 Å². The molecule has 2 aromatic rings. The number of nitriles is 1. The van der Waals surface area contributed by atoms with Crippen LogP contribution >= 0.6 is 11.8 Å². The first-order valence-electron chi connectivity index (χ1n) is 6.19. The van der Waals surface area contributed by atoms with Crippen molar-refractivity contribution in [3.8, 4) is 6.07 Å². The molecule has 0 spiro atoms. The van der Waals surface area contributed by atoms with Crippen LogP contribution in [-0.2, 0) is 13.0 Å². The zero-order valence-corrected chi connectivity index (χ0v) is 11.8. The summed E-state index contributed by atoms with van der Waals surface area (Å²) in [4.78, 5) is 0.536. The molecule has 0 amide bonds. The Morgan fingerprint density at radius 2 is 2.25 bits per heavy atom. The molecule has 0 atom stereocenters. The van der Waals surface area contributed by atoms with E-state index in [4.69, 9.17) is 11.0 Å². The van der Waals surface area contributed by atoms with Crippen LogP contribution in [0.25, 0.3) is 0 Å². The minimum absolute atomic E-state index is 0.0310. The zero-order valence-electron chi connectivity index (χ0n) is 11.0. The lowest BCUT2D eigenvalue weighted by Crippen LogP contribution is -2.09. The van der Waals surface area contributed by atoms with E-state index in [0.717, 1.165) is 5.82 Å². The van der Waals surface area contributed by atoms with Crippen molar-refractivity contribution in [2.24, 2.45) is 5.73 Å². The third kappa shape index (κ3) is 2.81. The number of hydrogen-bond acceptors (Lipinski definition) is 5. The quantitative estimate of drug-likeness (QED) is 0.910. The molecule has 0 bridgehead atoms. The van der Waals surface area contributed by atoms with Gasteiger partial charge in [-0.1, -0.05) is 6.07 Å². The highest BCUT2D eigenvalue weighted by molar-refractivity contribution is 7.99. The Morgan fingerprint density at radius 1 is 1.45 bits per heavy atom. The molecule has 2 N–H and O–H groups in total. The molecule has 20 heavy (non-hydrogen) atoms. The molecule has 0 aliphatic rings. The standard InChI is InChI=1S/C13H14FN5S/c1-2-19-12(6-7-15)17-18-13(19)20-11-5-3-4-10(14)9(11)8-16/h3-5H,2,6-7,15H2,1H3. The molecule has 5 nitrogen and oxygen atoms in total. The fourth-order valence-electron chi connectivity index (χ4n) is 1.82. The molecule has 0 aliphatic carbocycles. The Labute approximate surface area is 120 Å². The lowest BCUT2D eigenvalue weighted by molar-refractivity contribution is 0.619. The molecule has 1 aromatic heterocycles. The van der Waals surface area contributed by atoms with E-state index >= 15 is 0 Å². The summed E-state index contributed by atoms with van der Waals surface area (Å²) in [6.45, 7) is 3.16. The summed E-state index contributed by atoms with van der Waals surface area (Å²) in [6, 6.07) is 6.42. The highest BCUT2D eigenvalue weighted by Crippen LogP contribution is 2.30. The molecule has 0 fully saturated rings. The summed E-state index contributed by atoms with van der Waals surface area (Å²) in [7, 11) is 0. The van der Waals surface area contributed by atoms with Crippen molar-refractivity contribution in [1.29, 1.82) is 5.26 Å². The first-order valence-corrected chi connectivity index (χ1v) is 7.01.